The minimum absolute atomic E-state index is 0.406. The molecule has 0 rings (SSSR count). The van der Waals surface area contributed by atoms with Crippen molar-refractivity contribution >= 4 is 17.2 Å². The Hall–Kier alpha value is 0.500. The van der Waals surface area contributed by atoms with Gasteiger partial charge in [0.15, 0.2) is 0 Å². The second-order valence-electron chi connectivity index (χ2n) is 3.53. The molecule has 0 aliphatic carbocycles. The summed E-state index contributed by atoms with van der Waals surface area (Å²) in [5.74, 6) is 0. The summed E-state index contributed by atoms with van der Waals surface area (Å²) < 4.78 is 14.3. The maximum Gasteiger partial charge on any atom is 0.339 e. The van der Waals surface area contributed by atoms with Crippen LogP contribution in [0.4, 0.5) is 0 Å². The van der Waals surface area contributed by atoms with Gasteiger partial charge in [-0.1, -0.05) is 0 Å². The van der Waals surface area contributed by atoms with Crippen molar-refractivity contribution in [3.63, 3.8) is 0 Å². The molecule has 0 saturated heterocycles. The van der Waals surface area contributed by atoms with Crippen molar-refractivity contribution in [2.45, 2.75) is 13.8 Å². The monoisotopic (exact) mass is 338 g/mol. The van der Waals surface area contributed by atoms with Crippen LogP contribution in [0.3, 0.4) is 0 Å². The van der Waals surface area contributed by atoms with Crippen LogP contribution in [0.25, 0.3) is 0 Å². The molecule has 0 aromatic carbocycles. The fourth-order valence-electron chi connectivity index (χ4n) is 0.655. The molecule has 0 bridgehead atoms. The van der Waals surface area contributed by atoms with Gasteiger partial charge in [0.25, 0.3) is 0 Å². The van der Waals surface area contributed by atoms with E-state index in [0.717, 1.165) is 0 Å². The van der Waals surface area contributed by atoms with Crippen LogP contribution in [0.15, 0.2) is 0 Å². The minimum atomic E-state index is -2.38. The number of aliphatic hydroxyl groups excluding tert-OH is 4. The Morgan fingerprint density at radius 3 is 1.30 bits per heavy atom. The Morgan fingerprint density at radius 2 is 1.15 bits per heavy atom. The van der Waals surface area contributed by atoms with Crippen LogP contribution < -0.4 is 0 Å². The quantitative estimate of drug-likeness (QED) is 0.289. The molecule has 0 amide bonds. The van der Waals surface area contributed by atoms with E-state index in [2.05, 4.69) is 4.31 Å². The molecule has 0 unspecified atom stereocenters. The van der Waals surface area contributed by atoms with Crippen LogP contribution >= 0.6 is 17.2 Å². The molecule has 0 aromatic rings. The molecule has 0 saturated carbocycles. The summed E-state index contributed by atoms with van der Waals surface area (Å²) in [4.78, 5) is 16.9. The van der Waals surface area contributed by atoms with E-state index < -0.39 is 49.0 Å². The molecule has 20 heavy (non-hydrogen) atoms. The summed E-state index contributed by atoms with van der Waals surface area (Å²) in [6.45, 7) is 2.77. The summed E-state index contributed by atoms with van der Waals surface area (Å²) in [6, 6.07) is 0. The molecular weight excluding hydrogens is 314 g/mol. The SMILES string of the molecule is CCOP(OCC)OP(O)O.OCC(CO)(CO)CO. The van der Waals surface area contributed by atoms with Gasteiger partial charge < -0.3 is 39.3 Å². The Bertz CT molecular complexity index is 180. The fraction of sp³-hybridized carbons (Fsp3) is 1.00. The molecule has 124 valence electrons. The molecule has 6 N–H and O–H groups in total. The van der Waals surface area contributed by atoms with E-state index in [-0.39, 0.29) is 0 Å². The zero-order valence-electron chi connectivity index (χ0n) is 11.5. The highest BCUT2D eigenvalue weighted by molar-refractivity contribution is 7.54. The van der Waals surface area contributed by atoms with Gasteiger partial charge in [-0.15, -0.1) is 0 Å². The Morgan fingerprint density at radius 1 is 0.800 bits per heavy atom. The van der Waals surface area contributed by atoms with Crippen LogP contribution in [-0.2, 0) is 13.4 Å². The van der Waals surface area contributed by atoms with E-state index in [1.54, 1.807) is 13.8 Å². The first-order valence-electron chi connectivity index (χ1n) is 5.80. The van der Waals surface area contributed by atoms with Gasteiger partial charge in [-0.3, -0.25) is 0 Å². The molecule has 0 aromatic heterocycles. The summed E-state index contributed by atoms with van der Waals surface area (Å²) >= 11 is 0. The Kier molecular flexibility index (Phi) is 16.4. The lowest BCUT2D eigenvalue weighted by Gasteiger charge is -2.23. The highest BCUT2D eigenvalue weighted by Crippen LogP contribution is 2.50. The molecule has 0 aliphatic heterocycles. The molecule has 0 aliphatic rings. The fourth-order valence-corrected chi connectivity index (χ4v) is 2.01. The highest BCUT2D eigenvalue weighted by Gasteiger charge is 2.26. The lowest BCUT2D eigenvalue weighted by atomic mass is 9.93. The van der Waals surface area contributed by atoms with Crippen LogP contribution in [0, 0.1) is 5.41 Å². The molecule has 0 radical (unpaired) electrons. The largest absolute Gasteiger partial charge is 0.396 e. The second-order valence-corrected chi connectivity index (χ2v) is 5.65. The first-order valence-corrected chi connectivity index (χ1v) is 8.06. The van der Waals surface area contributed by atoms with Crippen molar-refractivity contribution in [1.29, 1.82) is 0 Å². The van der Waals surface area contributed by atoms with Crippen molar-refractivity contribution < 1.29 is 43.6 Å². The van der Waals surface area contributed by atoms with Crippen molar-refractivity contribution in [2.24, 2.45) is 5.41 Å². The molecular formula is C9H24O9P2. The van der Waals surface area contributed by atoms with E-state index in [0.29, 0.717) is 13.2 Å². The highest BCUT2D eigenvalue weighted by atomic mass is 31.2. The van der Waals surface area contributed by atoms with Gasteiger partial charge in [-0.2, -0.15) is 0 Å². The molecule has 11 heteroatoms. The van der Waals surface area contributed by atoms with E-state index in [1.807, 2.05) is 0 Å². The third-order valence-electron chi connectivity index (χ3n) is 1.95. The third kappa shape index (κ3) is 11.2. The van der Waals surface area contributed by atoms with Crippen LogP contribution in [-0.4, -0.2) is 69.9 Å². The molecule has 9 nitrogen and oxygen atoms in total. The van der Waals surface area contributed by atoms with Gasteiger partial charge in [0, 0.05) is 0 Å². The van der Waals surface area contributed by atoms with Gasteiger partial charge in [0.1, 0.15) is 0 Å². The third-order valence-corrected chi connectivity index (χ3v) is 4.01. The summed E-state index contributed by atoms with van der Waals surface area (Å²) in [5, 5.41) is 34.0. The summed E-state index contributed by atoms with van der Waals surface area (Å²) in [5.41, 5.74) is -1.11. The molecule has 0 fully saturated rings. The average Bonchev–Trinajstić information content (AvgIpc) is 2.43. The maximum absolute atomic E-state index is 8.50. The zero-order chi connectivity index (χ0) is 16.0. The summed E-state index contributed by atoms with van der Waals surface area (Å²) in [7, 11) is -3.96. The molecule has 0 heterocycles. The predicted molar refractivity (Wildman–Crippen MR) is 73.4 cm³/mol. The van der Waals surface area contributed by atoms with Gasteiger partial charge in [-0.05, 0) is 13.8 Å². The van der Waals surface area contributed by atoms with Crippen molar-refractivity contribution in [2.75, 3.05) is 39.6 Å². The summed E-state index contributed by atoms with van der Waals surface area (Å²) in [6.07, 6.45) is 0. The topological polar surface area (TPSA) is 149 Å². The van der Waals surface area contributed by atoms with Gasteiger partial charge in [0.05, 0.1) is 45.1 Å². The molecule has 0 spiro atoms. The van der Waals surface area contributed by atoms with Gasteiger partial charge >= 0.3 is 17.2 Å². The minimum Gasteiger partial charge on any atom is -0.396 e. The van der Waals surface area contributed by atoms with Crippen molar-refractivity contribution in [1.82, 2.24) is 0 Å². The number of hydrogen-bond donors (Lipinski definition) is 6. The first-order chi connectivity index (χ1) is 9.44. The Balaban J connectivity index is 0. The standard InChI is InChI=1S/C5H12O4.C4H12O5P2/c6-1-5(2-7,3-8)4-9;1-3-7-11(8-4-2)9-10(5)6/h6-9H,1-4H2;5-6H,3-4H2,1-2H3. The Labute approximate surface area is 120 Å². The van der Waals surface area contributed by atoms with E-state index >= 15 is 0 Å². The predicted octanol–water partition coefficient (Wildman–Crippen LogP) is -0.544. The number of rotatable bonds is 10. The lowest BCUT2D eigenvalue weighted by molar-refractivity contribution is -0.0328. The maximum atomic E-state index is 8.50. The van der Waals surface area contributed by atoms with Crippen LogP contribution in [0.1, 0.15) is 13.8 Å². The van der Waals surface area contributed by atoms with E-state index in [9.17, 15) is 0 Å². The number of aliphatic hydroxyl groups is 4. The molecule has 0 atom stereocenters. The average molecular weight is 338 g/mol. The van der Waals surface area contributed by atoms with Crippen LogP contribution in [0.5, 0.6) is 0 Å². The lowest BCUT2D eigenvalue weighted by Crippen LogP contribution is -2.37. The van der Waals surface area contributed by atoms with Crippen molar-refractivity contribution in [3.8, 4) is 0 Å². The van der Waals surface area contributed by atoms with Crippen LogP contribution in [0.2, 0.25) is 0 Å². The van der Waals surface area contributed by atoms with Crippen molar-refractivity contribution in [3.05, 3.63) is 0 Å². The smallest absolute Gasteiger partial charge is 0.339 e. The van der Waals surface area contributed by atoms with E-state index in [4.69, 9.17) is 39.3 Å². The normalized spacial score (nSPS) is 11.7. The van der Waals surface area contributed by atoms with E-state index in [1.165, 1.54) is 0 Å². The van der Waals surface area contributed by atoms with Gasteiger partial charge in [-0.25, -0.2) is 4.31 Å². The zero-order valence-corrected chi connectivity index (χ0v) is 13.3. The first kappa shape index (κ1) is 22.8. The van der Waals surface area contributed by atoms with Gasteiger partial charge in [0.2, 0.25) is 0 Å². The number of hydrogen-bond acceptors (Lipinski definition) is 9. The second kappa shape index (κ2) is 14.4.